The third-order valence-corrected chi connectivity index (χ3v) is 3.81. The summed E-state index contributed by atoms with van der Waals surface area (Å²) in [6.07, 6.45) is 8.56. The number of rotatable bonds is 2. The minimum absolute atomic E-state index is 0.878. The summed E-state index contributed by atoms with van der Waals surface area (Å²) in [5, 5.41) is 0. The van der Waals surface area contributed by atoms with Gasteiger partial charge in [-0.1, -0.05) is 37.1 Å². The Morgan fingerprint density at radius 2 is 1.07 bits per heavy atom. The standard InChI is InChI=1S/C14H18/c1-2-4-11(3-1)12-5-7-13(8-6-12)14-9-10-14/h5-8,11,14H,1-4,9-10H2. The second kappa shape index (κ2) is 3.42. The van der Waals surface area contributed by atoms with E-state index < -0.39 is 0 Å². The fraction of sp³-hybridized carbons (Fsp3) is 0.571. The maximum atomic E-state index is 2.38. The molecule has 2 aliphatic carbocycles. The topological polar surface area (TPSA) is 0 Å². The van der Waals surface area contributed by atoms with Crippen LogP contribution in [0.1, 0.15) is 61.5 Å². The van der Waals surface area contributed by atoms with E-state index in [1.807, 2.05) is 0 Å². The number of benzene rings is 1. The lowest BCUT2D eigenvalue weighted by Crippen LogP contribution is -1.92. The molecule has 0 heterocycles. The summed E-state index contributed by atoms with van der Waals surface area (Å²) in [6.45, 7) is 0. The first kappa shape index (κ1) is 8.52. The second-order valence-electron chi connectivity index (χ2n) is 4.92. The Morgan fingerprint density at radius 3 is 1.50 bits per heavy atom. The first-order valence-corrected chi connectivity index (χ1v) is 6.03. The summed E-state index contributed by atoms with van der Waals surface area (Å²) in [5.74, 6) is 1.79. The fourth-order valence-corrected chi connectivity index (χ4v) is 2.72. The van der Waals surface area contributed by atoms with E-state index in [0.29, 0.717) is 0 Å². The second-order valence-corrected chi connectivity index (χ2v) is 4.92. The van der Waals surface area contributed by atoms with Gasteiger partial charge >= 0.3 is 0 Å². The Hall–Kier alpha value is -0.780. The molecule has 0 aliphatic heterocycles. The highest BCUT2D eigenvalue weighted by Crippen LogP contribution is 2.41. The maximum absolute atomic E-state index is 2.38. The SMILES string of the molecule is c1cc(C2CC2)ccc1C1CCCC1. The van der Waals surface area contributed by atoms with Crippen molar-refractivity contribution in [3.8, 4) is 0 Å². The van der Waals surface area contributed by atoms with E-state index in [9.17, 15) is 0 Å². The van der Waals surface area contributed by atoms with Crippen molar-refractivity contribution in [3.05, 3.63) is 35.4 Å². The molecule has 1 aromatic carbocycles. The molecule has 0 spiro atoms. The molecule has 2 aliphatic rings. The summed E-state index contributed by atoms with van der Waals surface area (Å²) >= 11 is 0. The normalized spacial score (nSPS) is 22.9. The Kier molecular flexibility index (Phi) is 2.08. The predicted molar refractivity (Wildman–Crippen MR) is 59.6 cm³/mol. The molecule has 2 saturated carbocycles. The van der Waals surface area contributed by atoms with Gasteiger partial charge in [-0.3, -0.25) is 0 Å². The fourth-order valence-electron chi connectivity index (χ4n) is 2.72. The first-order valence-electron chi connectivity index (χ1n) is 6.03. The van der Waals surface area contributed by atoms with Crippen molar-refractivity contribution in [2.75, 3.05) is 0 Å². The highest BCUT2D eigenvalue weighted by Gasteiger charge is 2.23. The van der Waals surface area contributed by atoms with E-state index >= 15 is 0 Å². The summed E-state index contributed by atoms with van der Waals surface area (Å²) < 4.78 is 0. The lowest BCUT2D eigenvalue weighted by atomic mass is 9.96. The molecule has 0 bridgehead atoms. The lowest BCUT2D eigenvalue weighted by molar-refractivity contribution is 0.723. The molecule has 0 nitrogen and oxygen atoms in total. The molecule has 0 radical (unpaired) electrons. The zero-order valence-corrected chi connectivity index (χ0v) is 8.71. The van der Waals surface area contributed by atoms with E-state index in [4.69, 9.17) is 0 Å². The molecule has 1 aromatic rings. The minimum Gasteiger partial charge on any atom is -0.0585 e. The first-order chi connectivity index (χ1) is 6.93. The summed E-state index contributed by atoms with van der Waals surface area (Å²) in [4.78, 5) is 0. The van der Waals surface area contributed by atoms with Crippen molar-refractivity contribution < 1.29 is 0 Å². The van der Waals surface area contributed by atoms with Crippen molar-refractivity contribution in [2.24, 2.45) is 0 Å². The van der Waals surface area contributed by atoms with Crippen LogP contribution in [-0.2, 0) is 0 Å². The molecule has 2 fully saturated rings. The van der Waals surface area contributed by atoms with Crippen LogP contribution in [0.3, 0.4) is 0 Å². The van der Waals surface area contributed by atoms with Crippen molar-refractivity contribution in [3.63, 3.8) is 0 Å². The average Bonchev–Trinajstić information content (AvgIpc) is 2.94. The largest absolute Gasteiger partial charge is 0.0585 e. The Labute approximate surface area is 86.3 Å². The molecule has 0 aromatic heterocycles. The number of hydrogen-bond donors (Lipinski definition) is 0. The Bertz CT molecular complexity index is 299. The van der Waals surface area contributed by atoms with Crippen LogP contribution < -0.4 is 0 Å². The van der Waals surface area contributed by atoms with Gasteiger partial charge in [-0.25, -0.2) is 0 Å². The van der Waals surface area contributed by atoms with Gasteiger partial charge in [0.2, 0.25) is 0 Å². The van der Waals surface area contributed by atoms with Gasteiger partial charge in [-0.05, 0) is 48.6 Å². The molecule has 0 heteroatoms. The van der Waals surface area contributed by atoms with E-state index in [1.165, 1.54) is 38.5 Å². The molecule has 14 heavy (non-hydrogen) atoms. The third-order valence-electron chi connectivity index (χ3n) is 3.81. The van der Waals surface area contributed by atoms with Crippen molar-refractivity contribution in [1.82, 2.24) is 0 Å². The van der Waals surface area contributed by atoms with Crippen LogP contribution in [0.15, 0.2) is 24.3 Å². The smallest absolute Gasteiger partial charge is 0.0162 e. The third kappa shape index (κ3) is 1.58. The van der Waals surface area contributed by atoms with E-state index in [-0.39, 0.29) is 0 Å². The van der Waals surface area contributed by atoms with Gasteiger partial charge in [-0.15, -0.1) is 0 Å². The summed E-state index contributed by atoms with van der Waals surface area (Å²) in [5.41, 5.74) is 3.17. The van der Waals surface area contributed by atoms with Crippen LogP contribution in [0.25, 0.3) is 0 Å². The Morgan fingerprint density at radius 1 is 0.643 bits per heavy atom. The van der Waals surface area contributed by atoms with Gasteiger partial charge in [0.25, 0.3) is 0 Å². The van der Waals surface area contributed by atoms with Crippen LogP contribution in [-0.4, -0.2) is 0 Å². The predicted octanol–water partition coefficient (Wildman–Crippen LogP) is 4.22. The molecular weight excluding hydrogens is 168 g/mol. The van der Waals surface area contributed by atoms with E-state index in [0.717, 1.165) is 11.8 Å². The summed E-state index contributed by atoms with van der Waals surface area (Å²) in [6, 6.07) is 9.49. The van der Waals surface area contributed by atoms with E-state index in [1.54, 1.807) is 11.1 Å². The molecule has 0 N–H and O–H groups in total. The molecule has 3 rings (SSSR count). The zero-order chi connectivity index (χ0) is 9.38. The zero-order valence-electron chi connectivity index (χ0n) is 8.71. The highest BCUT2D eigenvalue weighted by atomic mass is 14.3. The van der Waals surface area contributed by atoms with Crippen LogP contribution in [0, 0.1) is 0 Å². The van der Waals surface area contributed by atoms with Gasteiger partial charge in [0.05, 0.1) is 0 Å². The highest BCUT2D eigenvalue weighted by molar-refractivity contribution is 5.30. The van der Waals surface area contributed by atoms with Crippen molar-refractivity contribution in [2.45, 2.75) is 50.4 Å². The molecule has 74 valence electrons. The Balaban J connectivity index is 1.78. The lowest BCUT2D eigenvalue weighted by Gasteiger charge is -2.09. The van der Waals surface area contributed by atoms with Crippen molar-refractivity contribution >= 4 is 0 Å². The molecule has 0 unspecified atom stereocenters. The van der Waals surface area contributed by atoms with Crippen molar-refractivity contribution in [1.29, 1.82) is 0 Å². The quantitative estimate of drug-likeness (QED) is 0.648. The molecule has 0 saturated heterocycles. The average molecular weight is 186 g/mol. The van der Waals surface area contributed by atoms with Crippen LogP contribution >= 0.6 is 0 Å². The maximum Gasteiger partial charge on any atom is -0.0162 e. The van der Waals surface area contributed by atoms with Crippen LogP contribution in [0.2, 0.25) is 0 Å². The van der Waals surface area contributed by atoms with Gasteiger partial charge < -0.3 is 0 Å². The minimum atomic E-state index is 0.878. The number of hydrogen-bond acceptors (Lipinski definition) is 0. The van der Waals surface area contributed by atoms with E-state index in [2.05, 4.69) is 24.3 Å². The summed E-state index contributed by atoms with van der Waals surface area (Å²) in [7, 11) is 0. The molecule has 0 atom stereocenters. The van der Waals surface area contributed by atoms with Crippen LogP contribution in [0.4, 0.5) is 0 Å². The van der Waals surface area contributed by atoms with Gasteiger partial charge in [-0.2, -0.15) is 0 Å². The van der Waals surface area contributed by atoms with Gasteiger partial charge in [0.1, 0.15) is 0 Å². The monoisotopic (exact) mass is 186 g/mol. The molecule has 0 amide bonds. The van der Waals surface area contributed by atoms with Crippen LogP contribution in [0.5, 0.6) is 0 Å². The van der Waals surface area contributed by atoms with Gasteiger partial charge in [0, 0.05) is 0 Å². The van der Waals surface area contributed by atoms with Gasteiger partial charge in [0.15, 0.2) is 0 Å². The molecular formula is C14H18.